The van der Waals surface area contributed by atoms with E-state index in [0.717, 1.165) is 29.6 Å². The largest absolute Gasteiger partial charge is 0.474 e. The van der Waals surface area contributed by atoms with Crippen LogP contribution in [0.25, 0.3) is 11.0 Å². The highest BCUT2D eigenvalue weighted by atomic mass is 16.6. The highest BCUT2D eigenvalue weighted by molar-refractivity contribution is 5.74. The van der Waals surface area contributed by atoms with E-state index in [-0.39, 0.29) is 23.6 Å². The van der Waals surface area contributed by atoms with Gasteiger partial charge < -0.3 is 9.47 Å². The van der Waals surface area contributed by atoms with Crippen LogP contribution in [0.15, 0.2) is 54.6 Å². The van der Waals surface area contributed by atoms with Crippen LogP contribution in [0.5, 0.6) is 5.88 Å². The first-order chi connectivity index (χ1) is 16.0. The Morgan fingerprint density at radius 1 is 0.824 bits per heavy atom. The van der Waals surface area contributed by atoms with E-state index in [1.807, 2.05) is 92.6 Å². The molecule has 0 bridgehead atoms. The molecule has 2 aromatic carbocycles. The van der Waals surface area contributed by atoms with Gasteiger partial charge in [-0.1, -0.05) is 70.2 Å². The average molecular weight is 467 g/mol. The molecule has 3 rings (SSSR count). The van der Waals surface area contributed by atoms with Gasteiger partial charge in [-0.25, -0.2) is 9.97 Å². The van der Waals surface area contributed by atoms with Crippen molar-refractivity contribution in [3.63, 3.8) is 0 Å². The molecule has 5 heteroatoms. The number of para-hydroxylation sites is 2. The molecule has 0 fully saturated rings. The Kier molecular flexibility index (Phi) is 12.3. The van der Waals surface area contributed by atoms with Gasteiger partial charge in [0.2, 0.25) is 5.88 Å². The highest BCUT2D eigenvalue weighted by Crippen LogP contribution is 2.21. The van der Waals surface area contributed by atoms with Gasteiger partial charge in [0, 0.05) is 0 Å². The molecular formula is C29H42N2O3. The van der Waals surface area contributed by atoms with Crippen molar-refractivity contribution in [3.8, 4) is 5.88 Å². The zero-order valence-corrected chi connectivity index (χ0v) is 22.4. The molecule has 0 aliphatic carbocycles. The summed E-state index contributed by atoms with van der Waals surface area (Å²) in [7, 11) is 0. The standard InChI is InChI=1S/C19H20N2O.C8H16O2.C2H6/c1-14(2)22-19-18(13-12-15-8-4-3-5-9-15)20-16-10-6-7-11-17(16)21-19;1-6(2)7(9)10-8(3,4)5;1-2/h3-11,14H,12-13H2,1-2H3;6H,1-5H3;1-2H3. The SMILES string of the molecule is CC.CC(C)C(=O)OC(C)(C)C.CC(C)Oc1nc2ccccc2nc1CCc1ccccc1. The predicted octanol–water partition coefficient (Wildman–Crippen LogP) is 7.21. The van der Waals surface area contributed by atoms with Gasteiger partial charge in [0.05, 0.1) is 23.1 Å². The number of hydrogen-bond donors (Lipinski definition) is 0. The average Bonchev–Trinajstić information content (AvgIpc) is 2.78. The summed E-state index contributed by atoms with van der Waals surface area (Å²) >= 11 is 0. The Balaban J connectivity index is 0.000000409. The van der Waals surface area contributed by atoms with Crippen LogP contribution in [0, 0.1) is 5.92 Å². The molecule has 0 atom stereocenters. The number of carbonyl (C=O) groups excluding carboxylic acids is 1. The Bertz CT molecular complexity index is 993. The fourth-order valence-electron chi connectivity index (χ4n) is 2.83. The first-order valence-corrected chi connectivity index (χ1v) is 12.2. The van der Waals surface area contributed by atoms with Crippen LogP contribution in [0.2, 0.25) is 0 Å². The van der Waals surface area contributed by atoms with E-state index in [1.165, 1.54) is 5.56 Å². The lowest BCUT2D eigenvalue weighted by Gasteiger charge is -2.20. The highest BCUT2D eigenvalue weighted by Gasteiger charge is 2.18. The minimum atomic E-state index is -0.346. The molecule has 0 aliphatic heterocycles. The van der Waals surface area contributed by atoms with Crippen LogP contribution >= 0.6 is 0 Å². The zero-order valence-electron chi connectivity index (χ0n) is 22.4. The van der Waals surface area contributed by atoms with Crippen LogP contribution < -0.4 is 4.74 Å². The van der Waals surface area contributed by atoms with Crippen molar-refractivity contribution in [2.45, 2.75) is 86.9 Å². The fourth-order valence-corrected chi connectivity index (χ4v) is 2.83. The van der Waals surface area contributed by atoms with E-state index < -0.39 is 0 Å². The van der Waals surface area contributed by atoms with Crippen molar-refractivity contribution in [2.75, 3.05) is 0 Å². The van der Waals surface area contributed by atoms with Crippen molar-refractivity contribution < 1.29 is 14.3 Å². The summed E-state index contributed by atoms with van der Waals surface area (Å²) in [6.45, 7) is 17.3. The topological polar surface area (TPSA) is 61.3 Å². The maximum atomic E-state index is 10.9. The Labute approximate surface area is 205 Å². The number of aryl methyl sites for hydroxylation is 2. The summed E-state index contributed by atoms with van der Waals surface area (Å²) in [5, 5.41) is 0. The second-order valence-electron chi connectivity index (χ2n) is 9.30. The molecule has 1 aromatic heterocycles. The van der Waals surface area contributed by atoms with E-state index >= 15 is 0 Å². The predicted molar refractivity (Wildman–Crippen MR) is 141 cm³/mol. The Hall–Kier alpha value is -2.95. The molecule has 3 aromatic rings. The molecule has 34 heavy (non-hydrogen) atoms. The molecule has 0 unspecified atom stereocenters. The second kappa shape index (κ2) is 14.3. The molecule has 0 radical (unpaired) electrons. The molecule has 1 heterocycles. The normalized spacial score (nSPS) is 10.8. The summed E-state index contributed by atoms with van der Waals surface area (Å²) in [4.78, 5) is 20.3. The number of ether oxygens (including phenoxy) is 2. The number of hydrogen-bond acceptors (Lipinski definition) is 5. The van der Waals surface area contributed by atoms with E-state index in [0.29, 0.717) is 5.88 Å². The van der Waals surface area contributed by atoms with Crippen molar-refractivity contribution >= 4 is 17.0 Å². The minimum Gasteiger partial charge on any atom is -0.474 e. The molecule has 0 N–H and O–H groups in total. The Morgan fingerprint density at radius 3 is 1.82 bits per heavy atom. The number of fused-ring (bicyclic) bond motifs is 1. The van der Waals surface area contributed by atoms with Gasteiger partial charge in [-0.3, -0.25) is 4.79 Å². The third kappa shape index (κ3) is 10.8. The van der Waals surface area contributed by atoms with Gasteiger partial charge in [0.15, 0.2) is 0 Å². The quantitative estimate of drug-likeness (QED) is 0.359. The third-order valence-corrected chi connectivity index (χ3v) is 4.32. The fraction of sp³-hybridized carbons (Fsp3) is 0.483. The summed E-state index contributed by atoms with van der Waals surface area (Å²) in [6.07, 6.45) is 1.84. The Morgan fingerprint density at radius 2 is 1.35 bits per heavy atom. The molecule has 0 amide bonds. The lowest BCUT2D eigenvalue weighted by molar-refractivity contribution is -0.158. The molecule has 0 saturated carbocycles. The summed E-state index contributed by atoms with van der Waals surface area (Å²) in [5.74, 6) is 0.497. The first-order valence-electron chi connectivity index (χ1n) is 12.2. The third-order valence-electron chi connectivity index (χ3n) is 4.32. The van der Waals surface area contributed by atoms with E-state index in [2.05, 4.69) is 29.2 Å². The van der Waals surface area contributed by atoms with Crippen molar-refractivity contribution in [3.05, 3.63) is 65.9 Å². The first kappa shape index (κ1) is 29.1. The summed E-state index contributed by atoms with van der Waals surface area (Å²) in [5.41, 5.74) is 3.67. The van der Waals surface area contributed by atoms with Gasteiger partial charge in [-0.2, -0.15) is 0 Å². The van der Waals surface area contributed by atoms with Crippen molar-refractivity contribution in [1.82, 2.24) is 9.97 Å². The second-order valence-corrected chi connectivity index (χ2v) is 9.30. The van der Waals surface area contributed by atoms with Crippen LogP contribution in [0.1, 0.15) is 73.6 Å². The van der Waals surface area contributed by atoms with Crippen LogP contribution in [0.3, 0.4) is 0 Å². The van der Waals surface area contributed by atoms with Gasteiger partial charge >= 0.3 is 5.97 Å². The number of benzene rings is 2. The van der Waals surface area contributed by atoms with Crippen molar-refractivity contribution in [2.24, 2.45) is 5.92 Å². The number of nitrogens with zero attached hydrogens (tertiary/aromatic N) is 2. The molecular weight excluding hydrogens is 424 g/mol. The van der Waals surface area contributed by atoms with Crippen molar-refractivity contribution in [1.29, 1.82) is 0 Å². The van der Waals surface area contributed by atoms with Crippen LogP contribution in [-0.2, 0) is 22.4 Å². The zero-order chi connectivity index (χ0) is 25.7. The minimum absolute atomic E-state index is 0.0285. The molecule has 186 valence electrons. The van der Waals surface area contributed by atoms with Crippen LogP contribution in [0.4, 0.5) is 0 Å². The van der Waals surface area contributed by atoms with Gasteiger partial charge in [-0.05, 0) is 65.2 Å². The lowest BCUT2D eigenvalue weighted by atomic mass is 10.1. The number of esters is 1. The molecule has 0 aliphatic rings. The molecule has 0 spiro atoms. The number of carbonyl (C=O) groups is 1. The maximum Gasteiger partial charge on any atom is 0.308 e. The van der Waals surface area contributed by atoms with Gasteiger partial charge in [-0.15, -0.1) is 0 Å². The van der Waals surface area contributed by atoms with Crippen LogP contribution in [-0.4, -0.2) is 27.6 Å². The number of rotatable bonds is 6. The summed E-state index contributed by atoms with van der Waals surface area (Å²) in [6, 6.07) is 18.4. The lowest BCUT2D eigenvalue weighted by Crippen LogP contribution is -2.26. The monoisotopic (exact) mass is 466 g/mol. The molecule has 0 saturated heterocycles. The van der Waals surface area contributed by atoms with E-state index in [9.17, 15) is 4.79 Å². The molecule has 5 nitrogen and oxygen atoms in total. The van der Waals surface area contributed by atoms with E-state index in [4.69, 9.17) is 14.5 Å². The van der Waals surface area contributed by atoms with Gasteiger partial charge in [0.25, 0.3) is 0 Å². The smallest absolute Gasteiger partial charge is 0.308 e. The van der Waals surface area contributed by atoms with E-state index in [1.54, 1.807) is 0 Å². The summed E-state index contributed by atoms with van der Waals surface area (Å²) < 4.78 is 10.9. The number of aromatic nitrogens is 2. The maximum absolute atomic E-state index is 10.9. The van der Waals surface area contributed by atoms with Gasteiger partial charge in [0.1, 0.15) is 11.3 Å².